The monoisotopic (exact) mass is 293 g/mol. The molecule has 0 heterocycles. The number of rotatable bonds is 5. The van der Waals surface area contributed by atoms with Gasteiger partial charge < -0.3 is 15.8 Å². The number of nitrogens with two attached hydrogens (primary N) is 1. The Labute approximate surface area is 122 Å². The first-order chi connectivity index (χ1) is 10.0. The van der Waals surface area contributed by atoms with Crippen molar-refractivity contribution in [2.45, 2.75) is 37.8 Å². The zero-order valence-electron chi connectivity index (χ0n) is 11.7. The van der Waals surface area contributed by atoms with Gasteiger partial charge in [-0.05, 0) is 31.7 Å². The van der Waals surface area contributed by atoms with Crippen molar-refractivity contribution >= 4 is 11.6 Å². The van der Waals surface area contributed by atoms with Gasteiger partial charge in [0.15, 0.2) is 6.61 Å². The highest BCUT2D eigenvalue weighted by Gasteiger charge is 2.20. The van der Waals surface area contributed by atoms with E-state index in [0.29, 0.717) is 5.75 Å². The summed E-state index contributed by atoms with van der Waals surface area (Å²) >= 11 is 0. The van der Waals surface area contributed by atoms with Crippen LogP contribution in [0.4, 0.5) is 5.69 Å². The molecule has 0 radical (unpaired) electrons. The van der Waals surface area contributed by atoms with Crippen LogP contribution >= 0.6 is 0 Å². The highest BCUT2D eigenvalue weighted by atomic mass is 16.6. The van der Waals surface area contributed by atoms with Gasteiger partial charge in [0.2, 0.25) is 0 Å². The average molecular weight is 293 g/mol. The molecule has 0 atom stereocenters. The maximum Gasteiger partial charge on any atom is 0.273 e. The van der Waals surface area contributed by atoms with E-state index in [9.17, 15) is 14.9 Å². The molecule has 0 bridgehead atoms. The molecular formula is C14H19N3O4. The summed E-state index contributed by atoms with van der Waals surface area (Å²) in [7, 11) is 0. The number of non-ortho nitro benzene ring substituents is 1. The van der Waals surface area contributed by atoms with E-state index in [1.807, 2.05) is 0 Å². The molecule has 1 aliphatic carbocycles. The van der Waals surface area contributed by atoms with Gasteiger partial charge in [-0.1, -0.05) is 6.07 Å². The van der Waals surface area contributed by atoms with Crippen LogP contribution in [-0.2, 0) is 4.79 Å². The molecular weight excluding hydrogens is 274 g/mol. The molecule has 0 aromatic heterocycles. The van der Waals surface area contributed by atoms with Crippen LogP contribution < -0.4 is 15.8 Å². The van der Waals surface area contributed by atoms with Gasteiger partial charge >= 0.3 is 0 Å². The Bertz CT molecular complexity index is 513. The van der Waals surface area contributed by atoms with Crippen LogP contribution in [0, 0.1) is 10.1 Å². The maximum absolute atomic E-state index is 11.8. The summed E-state index contributed by atoms with van der Waals surface area (Å²) in [6.45, 7) is -0.149. The molecule has 1 aromatic carbocycles. The van der Waals surface area contributed by atoms with Crippen LogP contribution in [0.5, 0.6) is 5.75 Å². The van der Waals surface area contributed by atoms with E-state index < -0.39 is 4.92 Å². The van der Waals surface area contributed by atoms with E-state index in [1.165, 1.54) is 18.2 Å². The number of hydrogen-bond acceptors (Lipinski definition) is 5. The summed E-state index contributed by atoms with van der Waals surface area (Å²) < 4.78 is 5.28. The van der Waals surface area contributed by atoms with Crippen LogP contribution in [0.2, 0.25) is 0 Å². The topological polar surface area (TPSA) is 107 Å². The molecule has 1 fully saturated rings. The Morgan fingerprint density at radius 3 is 2.76 bits per heavy atom. The number of nitro groups is 1. The highest BCUT2D eigenvalue weighted by Crippen LogP contribution is 2.19. The smallest absolute Gasteiger partial charge is 0.273 e. The Morgan fingerprint density at radius 1 is 1.38 bits per heavy atom. The molecule has 1 aliphatic rings. The first-order valence-corrected chi connectivity index (χ1v) is 6.97. The van der Waals surface area contributed by atoms with Crippen LogP contribution in [0.3, 0.4) is 0 Å². The molecule has 1 amide bonds. The van der Waals surface area contributed by atoms with Gasteiger partial charge in [0, 0.05) is 18.2 Å². The van der Waals surface area contributed by atoms with E-state index in [0.717, 1.165) is 25.7 Å². The molecule has 21 heavy (non-hydrogen) atoms. The molecule has 1 aromatic rings. The number of benzene rings is 1. The minimum absolute atomic E-state index is 0.0609. The standard InChI is InChI=1S/C14H19N3O4/c15-10-4-6-11(7-5-10)16-14(18)9-21-13-3-1-2-12(8-13)17(19)20/h1-3,8,10-11H,4-7,9,15H2,(H,16,18). The molecule has 1 saturated carbocycles. The third kappa shape index (κ3) is 4.71. The number of carbonyl (C=O) groups excluding carboxylic acids is 1. The lowest BCUT2D eigenvalue weighted by atomic mass is 9.92. The van der Waals surface area contributed by atoms with Crippen molar-refractivity contribution in [1.82, 2.24) is 5.32 Å². The van der Waals surface area contributed by atoms with Gasteiger partial charge in [-0.25, -0.2) is 0 Å². The lowest BCUT2D eigenvalue weighted by molar-refractivity contribution is -0.384. The molecule has 114 valence electrons. The van der Waals surface area contributed by atoms with Crippen molar-refractivity contribution in [2.24, 2.45) is 5.73 Å². The van der Waals surface area contributed by atoms with Gasteiger partial charge in [-0.2, -0.15) is 0 Å². The normalized spacial score (nSPS) is 21.6. The van der Waals surface area contributed by atoms with Crippen molar-refractivity contribution in [1.29, 1.82) is 0 Å². The molecule has 0 unspecified atom stereocenters. The van der Waals surface area contributed by atoms with E-state index in [2.05, 4.69) is 5.32 Å². The summed E-state index contributed by atoms with van der Waals surface area (Å²) in [4.78, 5) is 21.9. The summed E-state index contributed by atoms with van der Waals surface area (Å²) in [6, 6.07) is 6.16. The summed E-state index contributed by atoms with van der Waals surface area (Å²) in [5.41, 5.74) is 5.75. The quantitative estimate of drug-likeness (QED) is 0.629. The van der Waals surface area contributed by atoms with Crippen molar-refractivity contribution in [3.05, 3.63) is 34.4 Å². The molecule has 7 heteroatoms. The fourth-order valence-corrected chi connectivity index (χ4v) is 2.37. The molecule has 2 rings (SSSR count). The third-order valence-electron chi connectivity index (χ3n) is 3.54. The predicted molar refractivity (Wildman–Crippen MR) is 77.0 cm³/mol. The average Bonchev–Trinajstić information content (AvgIpc) is 2.48. The van der Waals surface area contributed by atoms with Gasteiger partial charge in [-0.3, -0.25) is 14.9 Å². The van der Waals surface area contributed by atoms with Crippen molar-refractivity contribution in [2.75, 3.05) is 6.61 Å². The number of hydrogen-bond donors (Lipinski definition) is 2. The Hall–Kier alpha value is -2.15. The van der Waals surface area contributed by atoms with E-state index >= 15 is 0 Å². The van der Waals surface area contributed by atoms with Crippen LogP contribution in [0.25, 0.3) is 0 Å². The van der Waals surface area contributed by atoms with E-state index in [-0.39, 0.29) is 30.3 Å². The summed E-state index contributed by atoms with van der Waals surface area (Å²) in [5, 5.41) is 13.5. The zero-order chi connectivity index (χ0) is 15.2. The Kier molecular flexibility index (Phi) is 5.10. The Morgan fingerprint density at radius 2 is 2.10 bits per heavy atom. The first-order valence-electron chi connectivity index (χ1n) is 6.97. The predicted octanol–water partition coefficient (Wildman–Crippen LogP) is 1.36. The van der Waals surface area contributed by atoms with Gasteiger partial charge in [0.1, 0.15) is 5.75 Å². The molecule has 0 aliphatic heterocycles. The minimum atomic E-state index is -0.502. The number of nitrogens with zero attached hydrogens (tertiary/aromatic N) is 1. The van der Waals surface area contributed by atoms with Gasteiger partial charge in [0.05, 0.1) is 11.0 Å². The molecule has 0 saturated heterocycles. The summed E-state index contributed by atoms with van der Waals surface area (Å²) in [6.07, 6.45) is 3.58. The van der Waals surface area contributed by atoms with Crippen molar-refractivity contribution < 1.29 is 14.5 Å². The second-order valence-corrected chi connectivity index (χ2v) is 5.22. The van der Waals surface area contributed by atoms with E-state index in [4.69, 9.17) is 10.5 Å². The fourth-order valence-electron chi connectivity index (χ4n) is 2.37. The largest absolute Gasteiger partial charge is 0.484 e. The minimum Gasteiger partial charge on any atom is -0.484 e. The zero-order valence-corrected chi connectivity index (χ0v) is 11.7. The van der Waals surface area contributed by atoms with Gasteiger partial charge in [-0.15, -0.1) is 0 Å². The number of ether oxygens (including phenoxy) is 1. The lowest BCUT2D eigenvalue weighted by Gasteiger charge is -2.26. The van der Waals surface area contributed by atoms with E-state index in [1.54, 1.807) is 6.07 Å². The van der Waals surface area contributed by atoms with Crippen molar-refractivity contribution in [3.63, 3.8) is 0 Å². The van der Waals surface area contributed by atoms with Gasteiger partial charge in [0.25, 0.3) is 11.6 Å². The van der Waals surface area contributed by atoms with Crippen LogP contribution in [0.15, 0.2) is 24.3 Å². The van der Waals surface area contributed by atoms with Crippen LogP contribution in [0.1, 0.15) is 25.7 Å². The second kappa shape index (κ2) is 7.03. The number of amides is 1. The van der Waals surface area contributed by atoms with Crippen molar-refractivity contribution in [3.8, 4) is 5.75 Å². The molecule has 7 nitrogen and oxygen atoms in total. The highest BCUT2D eigenvalue weighted by molar-refractivity contribution is 5.77. The lowest BCUT2D eigenvalue weighted by Crippen LogP contribution is -2.42. The molecule has 3 N–H and O–H groups in total. The maximum atomic E-state index is 11.8. The number of nitrogens with one attached hydrogen (secondary N) is 1. The SMILES string of the molecule is NC1CCC(NC(=O)COc2cccc([N+](=O)[O-])c2)CC1. The Balaban J connectivity index is 1.78. The number of carbonyl (C=O) groups is 1. The second-order valence-electron chi connectivity index (χ2n) is 5.22. The number of nitro benzene ring substituents is 1. The summed E-state index contributed by atoms with van der Waals surface area (Å²) in [5.74, 6) is 0.0898. The van der Waals surface area contributed by atoms with Crippen LogP contribution in [-0.4, -0.2) is 29.5 Å². The fraction of sp³-hybridized carbons (Fsp3) is 0.500. The third-order valence-corrected chi connectivity index (χ3v) is 3.54. The first kappa shape index (κ1) is 15.2. The molecule has 0 spiro atoms.